The summed E-state index contributed by atoms with van der Waals surface area (Å²) in [4.78, 5) is 63.5. The molecule has 10 nitrogen and oxygen atoms in total. The Hall–Kier alpha value is -5.11. The van der Waals surface area contributed by atoms with Crippen molar-refractivity contribution in [2.75, 3.05) is 17.4 Å². The van der Waals surface area contributed by atoms with Gasteiger partial charge in [0.15, 0.2) is 5.82 Å². The number of pyridine rings is 1. The van der Waals surface area contributed by atoms with Crippen molar-refractivity contribution in [3.63, 3.8) is 0 Å². The van der Waals surface area contributed by atoms with Gasteiger partial charge in [0, 0.05) is 27.7 Å². The number of carbonyl (C=O) groups excluding carboxylic acids is 4. The van der Waals surface area contributed by atoms with Crippen LogP contribution in [0.1, 0.15) is 35.4 Å². The van der Waals surface area contributed by atoms with Crippen LogP contribution < -0.4 is 15.1 Å². The molecule has 3 heterocycles. The third-order valence-electron chi connectivity index (χ3n) is 11.2. The number of hydrogen-bond donors (Lipinski definition) is 2. The van der Waals surface area contributed by atoms with E-state index in [2.05, 4.69) is 10.4 Å². The second kappa shape index (κ2) is 13.3. The molecule has 3 fully saturated rings. The average molecular weight is 812 g/mol. The van der Waals surface area contributed by atoms with Crippen LogP contribution in [-0.2, 0) is 30.8 Å². The summed E-state index contributed by atoms with van der Waals surface area (Å²) in [6.45, 7) is 0. The van der Waals surface area contributed by atoms with Crippen molar-refractivity contribution in [1.82, 2.24) is 9.99 Å². The van der Waals surface area contributed by atoms with E-state index in [1.165, 1.54) is 19.2 Å². The Morgan fingerprint density at radius 1 is 0.891 bits per heavy atom. The molecule has 3 aromatic carbocycles. The second-order valence-electron chi connectivity index (χ2n) is 13.8. The van der Waals surface area contributed by atoms with Crippen molar-refractivity contribution in [1.29, 1.82) is 0 Å². The number of anilines is 2. The van der Waals surface area contributed by atoms with Gasteiger partial charge in [-0.25, -0.2) is 4.98 Å². The van der Waals surface area contributed by atoms with E-state index >= 15 is 4.79 Å². The molecule has 1 aromatic heterocycles. The number of amides is 4. The SMILES string of the molecule is COc1ccc(O)c([C@H]2C3=CC[C@@H]4C(=O)N(c5ccc(Cl)cc5)C(=O)[C@@H]4[C@@H]3C[C@H]3C(=O)N(Nc4ncc(C(F)(F)F)cc4Cl)C(=O)[C@@]23c2ccc(Cl)cc2)c1. The van der Waals surface area contributed by atoms with Crippen molar-refractivity contribution < 1.29 is 42.2 Å². The highest BCUT2D eigenvalue weighted by Gasteiger charge is 2.70. The summed E-state index contributed by atoms with van der Waals surface area (Å²) in [6, 6.07) is 17.6. The van der Waals surface area contributed by atoms with Crippen molar-refractivity contribution in [2.45, 2.75) is 30.4 Å². The third kappa shape index (κ3) is 5.65. The highest BCUT2D eigenvalue weighted by atomic mass is 35.5. The van der Waals surface area contributed by atoms with Gasteiger partial charge in [0.25, 0.3) is 11.8 Å². The van der Waals surface area contributed by atoms with Gasteiger partial charge in [-0.3, -0.25) is 29.5 Å². The van der Waals surface area contributed by atoms with Gasteiger partial charge in [-0.15, -0.1) is 0 Å². The Kier molecular flexibility index (Phi) is 8.90. The number of hydrogen-bond acceptors (Lipinski definition) is 8. The lowest BCUT2D eigenvalue weighted by molar-refractivity contribution is -0.139. The third-order valence-corrected chi connectivity index (χ3v) is 12.0. The van der Waals surface area contributed by atoms with Gasteiger partial charge in [-0.2, -0.15) is 18.2 Å². The predicted octanol–water partition coefficient (Wildman–Crippen LogP) is 7.96. The molecule has 2 aliphatic carbocycles. The van der Waals surface area contributed by atoms with Crippen LogP contribution in [0.15, 0.2) is 90.6 Å². The zero-order chi connectivity index (χ0) is 39.1. The van der Waals surface area contributed by atoms with Crippen molar-refractivity contribution in [3.8, 4) is 11.5 Å². The number of nitrogens with one attached hydrogen (secondary N) is 1. The van der Waals surface area contributed by atoms with Crippen LogP contribution in [-0.4, -0.2) is 45.8 Å². The molecular formula is C39H28Cl3F3N4O6. The summed E-state index contributed by atoms with van der Waals surface area (Å²) in [5.74, 6) is -7.77. The van der Waals surface area contributed by atoms with Gasteiger partial charge < -0.3 is 9.84 Å². The molecule has 2 N–H and O–H groups in total. The first kappa shape index (κ1) is 36.8. The number of imide groups is 2. The minimum atomic E-state index is -4.77. The monoisotopic (exact) mass is 810 g/mol. The van der Waals surface area contributed by atoms with E-state index in [9.17, 15) is 32.7 Å². The van der Waals surface area contributed by atoms with E-state index in [1.54, 1.807) is 54.6 Å². The number of benzene rings is 3. The number of rotatable bonds is 6. The number of allylic oxidation sites excluding steroid dienone is 2. The topological polar surface area (TPSA) is 129 Å². The van der Waals surface area contributed by atoms with Crippen LogP contribution in [0.3, 0.4) is 0 Å². The summed E-state index contributed by atoms with van der Waals surface area (Å²) in [6.07, 6.45) is -2.42. The lowest BCUT2D eigenvalue weighted by atomic mass is 9.49. The van der Waals surface area contributed by atoms with Crippen molar-refractivity contribution >= 4 is 69.9 Å². The average Bonchev–Trinajstić information content (AvgIpc) is 3.53. The van der Waals surface area contributed by atoms with Crippen LogP contribution in [0.5, 0.6) is 11.5 Å². The highest BCUT2D eigenvalue weighted by Crippen LogP contribution is 2.65. The summed E-state index contributed by atoms with van der Waals surface area (Å²) in [5.41, 5.74) is 1.01. The number of nitrogens with zero attached hydrogens (tertiary/aromatic N) is 3. The number of phenols is 1. The Labute approximate surface area is 326 Å². The molecule has 4 aliphatic rings. The molecule has 2 saturated heterocycles. The maximum atomic E-state index is 15.3. The van der Waals surface area contributed by atoms with Crippen LogP contribution in [0, 0.1) is 23.7 Å². The summed E-state index contributed by atoms with van der Waals surface area (Å²) < 4.78 is 46.0. The highest BCUT2D eigenvalue weighted by molar-refractivity contribution is 6.33. The van der Waals surface area contributed by atoms with Gasteiger partial charge >= 0.3 is 6.18 Å². The fraction of sp³-hybridized carbons (Fsp3) is 0.256. The van der Waals surface area contributed by atoms with Crippen molar-refractivity contribution in [2.24, 2.45) is 23.7 Å². The van der Waals surface area contributed by atoms with E-state index in [0.29, 0.717) is 49.9 Å². The number of aromatic nitrogens is 1. The first-order valence-electron chi connectivity index (χ1n) is 17.0. The van der Waals surface area contributed by atoms with Gasteiger partial charge in [-0.05, 0) is 85.0 Å². The molecule has 2 aliphatic heterocycles. The number of methoxy groups -OCH3 is 1. The maximum Gasteiger partial charge on any atom is 0.417 e. The normalized spacial score (nSPS) is 26.1. The Morgan fingerprint density at radius 3 is 2.20 bits per heavy atom. The molecule has 6 atom stereocenters. The summed E-state index contributed by atoms with van der Waals surface area (Å²) in [5, 5.41) is 12.5. The van der Waals surface area contributed by atoms with Gasteiger partial charge in [0.2, 0.25) is 11.8 Å². The number of ether oxygens (including phenoxy) is 1. The van der Waals surface area contributed by atoms with Crippen LogP contribution in [0.2, 0.25) is 15.1 Å². The molecule has 0 unspecified atom stereocenters. The Balaban J connectivity index is 1.32. The van der Waals surface area contributed by atoms with E-state index in [0.717, 1.165) is 4.90 Å². The molecule has 282 valence electrons. The number of aromatic hydroxyl groups is 1. The lowest BCUT2D eigenvalue weighted by Gasteiger charge is -2.50. The maximum absolute atomic E-state index is 15.3. The Bertz CT molecular complexity index is 2320. The molecule has 55 heavy (non-hydrogen) atoms. The second-order valence-corrected chi connectivity index (χ2v) is 15.1. The zero-order valence-electron chi connectivity index (χ0n) is 28.5. The molecule has 0 spiro atoms. The van der Waals surface area contributed by atoms with E-state index in [-0.39, 0.29) is 24.2 Å². The summed E-state index contributed by atoms with van der Waals surface area (Å²) >= 11 is 18.7. The van der Waals surface area contributed by atoms with Gasteiger partial charge in [-0.1, -0.05) is 58.6 Å². The number of halogens is 6. The number of fused-ring (bicyclic) bond motifs is 4. The standard InChI is InChI=1S/C39H28Cl3F3N4O6/c1-55-23-10-13-30(50)27(15-23)32-24-11-12-25-31(36(53)48(34(25)51)22-8-6-21(41)7-9-22)26(24)16-28-35(52)49(37(54)38(28,32)18-2-4-20(40)5-3-18)47-33-29(42)14-19(17-46-33)39(43,44)45/h2-11,13-15,17,25-26,28,31-32,50H,12,16H2,1H3,(H,46,47)/t25-,26+,28-,31-,32+,38+/m0/s1. The van der Waals surface area contributed by atoms with Crippen LogP contribution >= 0.6 is 34.8 Å². The van der Waals surface area contributed by atoms with E-state index < -0.39 is 81.2 Å². The van der Waals surface area contributed by atoms with Crippen molar-refractivity contribution in [3.05, 3.63) is 122 Å². The number of phenolic OH excluding ortho intramolecular Hbond substituents is 1. The lowest BCUT2D eigenvalue weighted by Crippen LogP contribution is -2.53. The Morgan fingerprint density at radius 2 is 1.56 bits per heavy atom. The molecule has 8 rings (SSSR count). The zero-order valence-corrected chi connectivity index (χ0v) is 30.7. The molecule has 1 saturated carbocycles. The molecule has 16 heteroatoms. The first-order valence-corrected chi connectivity index (χ1v) is 18.1. The quantitative estimate of drug-likeness (QED) is 0.148. The van der Waals surface area contributed by atoms with E-state index in [4.69, 9.17) is 39.5 Å². The minimum absolute atomic E-state index is 0.0960. The van der Waals surface area contributed by atoms with E-state index in [1.807, 2.05) is 6.08 Å². The fourth-order valence-electron chi connectivity index (χ4n) is 8.86. The minimum Gasteiger partial charge on any atom is -0.508 e. The number of alkyl halides is 3. The molecule has 4 amide bonds. The molecule has 4 aromatic rings. The summed E-state index contributed by atoms with van der Waals surface area (Å²) in [7, 11) is 1.42. The van der Waals surface area contributed by atoms with Gasteiger partial charge in [0.1, 0.15) is 11.5 Å². The van der Waals surface area contributed by atoms with Crippen LogP contribution in [0.4, 0.5) is 24.7 Å². The molecular weight excluding hydrogens is 784 g/mol. The fourth-order valence-corrected chi connectivity index (χ4v) is 9.32. The van der Waals surface area contributed by atoms with Gasteiger partial charge in [0.05, 0.1) is 46.6 Å². The number of carbonyl (C=O) groups is 4. The number of hydrazine groups is 1. The van der Waals surface area contributed by atoms with Crippen LogP contribution in [0.25, 0.3) is 0 Å². The first-order chi connectivity index (χ1) is 26.2. The molecule has 0 radical (unpaired) electrons. The largest absolute Gasteiger partial charge is 0.508 e. The smallest absolute Gasteiger partial charge is 0.417 e. The predicted molar refractivity (Wildman–Crippen MR) is 195 cm³/mol. The molecule has 0 bridgehead atoms.